The maximum absolute atomic E-state index is 14.0. The van der Waals surface area contributed by atoms with E-state index in [1.54, 1.807) is 24.4 Å². The highest BCUT2D eigenvalue weighted by molar-refractivity contribution is 5.94. The first-order valence-electron chi connectivity index (χ1n) is 7.94. The molecule has 3 nitrogen and oxygen atoms in total. The van der Waals surface area contributed by atoms with Crippen LogP contribution in [0.5, 0.6) is 0 Å². The quantitative estimate of drug-likeness (QED) is 0.544. The Bertz CT molecular complexity index is 1110. The molecule has 0 aliphatic rings. The molecule has 0 unspecified atom stereocenters. The average molecular weight is 327 g/mol. The molecule has 2 heterocycles. The highest BCUT2D eigenvalue weighted by Gasteiger charge is 2.13. The van der Waals surface area contributed by atoms with E-state index in [0.717, 1.165) is 22.2 Å². The Kier molecular flexibility index (Phi) is 3.75. The van der Waals surface area contributed by atoms with Crippen molar-refractivity contribution in [3.8, 4) is 17.2 Å². The first kappa shape index (κ1) is 15.1. The summed E-state index contributed by atoms with van der Waals surface area (Å²) >= 11 is 0. The van der Waals surface area contributed by atoms with Crippen LogP contribution in [0.3, 0.4) is 0 Å². The van der Waals surface area contributed by atoms with Crippen LogP contribution in [0.1, 0.15) is 11.1 Å². The number of hydrogen-bond acceptors (Lipinski definition) is 2. The molecule has 0 radical (unpaired) electrons. The van der Waals surface area contributed by atoms with E-state index in [-0.39, 0.29) is 5.82 Å². The summed E-state index contributed by atoms with van der Waals surface area (Å²) in [5.41, 5.74) is 3.95. The van der Waals surface area contributed by atoms with Gasteiger partial charge in [-0.3, -0.25) is 0 Å². The number of pyridine rings is 1. The van der Waals surface area contributed by atoms with Crippen LogP contribution in [0, 0.1) is 17.1 Å². The van der Waals surface area contributed by atoms with Gasteiger partial charge >= 0.3 is 0 Å². The molecule has 2 aromatic carbocycles. The summed E-state index contributed by atoms with van der Waals surface area (Å²) in [6, 6.07) is 20.3. The molecule has 0 amide bonds. The Morgan fingerprint density at radius 1 is 1.04 bits per heavy atom. The summed E-state index contributed by atoms with van der Waals surface area (Å²) in [6.45, 7) is 0.401. The van der Waals surface area contributed by atoms with Crippen LogP contribution in [0.4, 0.5) is 4.39 Å². The minimum absolute atomic E-state index is 0.228. The van der Waals surface area contributed by atoms with Crippen LogP contribution in [0.25, 0.3) is 22.2 Å². The molecular formula is C21H14FN3. The van der Waals surface area contributed by atoms with Gasteiger partial charge in [0.25, 0.3) is 0 Å². The van der Waals surface area contributed by atoms with Crippen molar-refractivity contribution >= 4 is 11.0 Å². The number of nitriles is 1. The molecule has 0 aliphatic heterocycles. The zero-order valence-corrected chi connectivity index (χ0v) is 13.4. The topological polar surface area (TPSA) is 41.6 Å². The minimum atomic E-state index is -0.228. The lowest BCUT2D eigenvalue weighted by molar-refractivity contribution is 0.601. The van der Waals surface area contributed by atoms with Gasteiger partial charge in [0.05, 0.1) is 18.2 Å². The molecule has 4 heteroatoms. The van der Waals surface area contributed by atoms with Gasteiger partial charge < -0.3 is 4.57 Å². The summed E-state index contributed by atoms with van der Waals surface area (Å²) in [5.74, 6) is -0.228. The number of aromatic nitrogens is 2. The second-order valence-corrected chi connectivity index (χ2v) is 5.83. The summed E-state index contributed by atoms with van der Waals surface area (Å²) in [5, 5.41) is 10.1. The van der Waals surface area contributed by atoms with Crippen LogP contribution in [0.15, 0.2) is 73.1 Å². The monoisotopic (exact) mass is 327 g/mol. The maximum atomic E-state index is 14.0. The third-order valence-electron chi connectivity index (χ3n) is 4.24. The Hall–Kier alpha value is -3.45. The normalized spacial score (nSPS) is 10.7. The van der Waals surface area contributed by atoms with Gasteiger partial charge in [-0.2, -0.15) is 5.26 Å². The largest absolute Gasteiger partial charge is 0.327 e. The zero-order valence-electron chi connectivity index (χ0n) is 13.4. The van der Waals surface area contributed by atoms with Crippen molar-refractivity contribution in [3.05, 3.63) is 90.0 Å². The molecule has 0 spiro atoms. The molecule has 0 bridgehead atoms. The third kappa shape index (κ3) is 2.77. The molecule has 0 saturated heterocycles. The van der Waals surface area contributed by atoms with Crippen molar-refractivity contribution < 1.29 is 4.39 Å². The van der Waals surface area contributed by atoms with Gasteiger partial charge in [-0.25, -0.2) is 9.37 Å². The fourth-order valence-electron chi connectivity index (χ4n) is 3.04. The predicted octanol–water partition coefficient (Wildman–Crippen LogP) is 4.76. The zero-order chi connectivity index (χ0) is 17.2. The van der Waals surface area contributed by atoms with E-state index in [0.29, 0.717) is 17.7 Å². The molecule has 25 heavy (non-hydrogen) atoms. The van der Waals surface area contributed by atoms with Gasteiger partial charge in [-0.1, -0.05) is 30.3 Å². The van der Waals surface area contributed by atoms with Gasteiger partial charge in [0.2, 0.25) is 0 Å². The van der Waals surface area contributed by atoms with Crippen LogP contribution in [-0.4, -0.2) is 9.55 Å². The molecular weight excluding hydrogens is 313 g/mol. The highest BCUT2D eigenvalue weighted by Crippen LogP contribution is 2.30. The van der Waals surface area contributed by atoms with Crippen molar-refractivity contribution in [2.75, 3.05) is 0 Å². The van der Waals surface area contributed by atoms with E-state index < -0.39 is 0 Å². The van der Waals surface area contributed by atoms with Gasteiger partial charge in [0.15, 0.2) is 0 Å². The Balaban J connectivity index is 1.87. The second kappa shape index (κ2) is 6.21. The van der Waals surface area contributed by atoms with Crippen molar-refractivity contribution in [1.82, 2.24) is 9.55 Å². The summed E-state index contributed by atoms with van der Waals surface area (Å²) in [7, 11) is 0. The summed E-state index contributed by atoms with van der Waals surface area (Å²) in [6.07, 6.45) is 3.70. The van der Waals surface area contributed by atoms with Crippen LogP contribution >= 0.6 is 0 Å². The van der Waals surface area contributed by atoms with Gasteiger partial charge in [-0.15, -0.1) is 0 Å². The highest BCUT2D eigenvalue weighted by atomic mass is 19.1. The SMILES string of the molecule is N#Cc1cccc(-c2cn(Cc3ccccc3F)c3ncccc23)c1. The average Bonchev–Trinajstić information content (AvgIpc) is 3.02. The lowest BCUT2D eigenvalue weighted by atomic mass is 10.0. The van der Waals surface area contributed by atoms with E-state index in [1.807, 2.05) is 47.2 Å². The molecule has 0 atom stereocenters. The number of rotatable bonds is 3. The van der Waals surface area contributed by atoms with Crippen LogP contribution in [-0.2, 0) is 6.54 Å². The van der Waals surface area contributed by atoms with Crippen molar-refractivity contribution in [1.29, 1.82) is 5.26 Å². The van der Waals surface area contributed by atoms with Gasteiger partial charge in [0.1, 0.15) is 11.5 Å². The molecule has 4 rings (SSSR count). The Morgan fingerprint density at radius 2 is 1.92 bits per heavy atom. The van der Waals surface area contributed by atoms with E-state index in [1.165, 1.54) is 6.07 Å². The minimum Gasteiger partial charge on any atom is -0.327 e. The summed E-state index contributed by atoms with van der Waals surface area (Å²) < 4.78 is 16.0. The van der Waals surface area contributed by atoms with E-state index in [9.17, 15) is 4.39 Å². The standard InChI is InChI=1S/C21H14FN3/c22-20-9-2-1-6-17(20)13-25-14-19(18-8-4-10-24-21(18)25)16-7-3-5-15(11-16)12-23/h1-11,14H,13H2. The van der Waals surface area contributed by atoms with Crippen molar-refractivity contribution in [2.45, 2.75) is 6.54 Å². The number of fused-ring (bicyclic) bond motifs is 1. The van der Waals surface area contributed by atoms with Gasteiger partial charge in [-0.05, 0) is 35.9 Å². The first-order chi connectivity index (χ1) is 12.3. The van der Waals surface area contributed by atoms with E-state index in [2.05, 4.69) is 11.1 Å². The first-order valence-corrected chi connectivity index (χ1v) is 7.94. The fourth-order valence-corrected chi connectivity index (χ4v) is 3.04. The molecule has 0 aliphatic carbocycles. The van der Waals surface area contributed by atoms with Crippen LogP contribution < -0.4 is 0 Å². The lowest BCUT2D eigenvalue weighted by Gasteiger charge is -2.05. The second-order valence-electron chi connectivity index (χ2n) is 5.83. The lowest BCUT2D eigenvalue weighted by Crippen LogP contribution is -2.01. The van der Waals surface area contributed by atoms with Crippen molar-refractivity contribution in [3.63, 3.8) is 0 Å². The summed E-state index contributed by atoms with van der Waals surface area (Å²) in [4.78, 5) is 4.47. The van der Waals surface area contributed by atoms with Crippen molar-refractivity contribution in [2.24, 2.45) is 0 Å². The molecule has 4 aromatic rings. The number of hydrogen-bond donors (Lipinski definition) is 0. The van der Waals surface area contributed by atoms with E-state index >= 15 is 0 Å². The molecule has 2 aromatic heterocycles. The molecule has 0 N–H and O–H groups in total. The number of benzene rings is 2. The fraction of sp³-hybridized carbons (Fsp3) is 0.0476. The Labute approximate surface area is 144 Å². The predicted molar refractivity (Wildman–Crippen MR) is 95.4 cm³/mol. The molecule has 0 saturated carbocycles. The van der Waals surface area contributed by atoms with Gasteiger partial charge in [0, 0.05) is 28.9 Å². The van der Waals surface area contributed by atoms with E-state index in [4.69, 9.17) is 5.26 Å². The molecule has 120 valence electrons. The maximum Gasteiger partial charge on any atom is 0.140 e. The number of halogens is 1. The van der Waals surface area contributed by atoms with Crippen LogP contribution in [0.2, 0.25) is 0 Å². The Morgan fingerprint density at radius 3 is 2.76 bits per heavy atom. The number of nitrogens with zero attached hydrogens (tertiary/aromatic N) is 3. The smallest absolute Gasteiger partial charge is 0.140 e. The molecule has 0 fully saturated rings. The third-order valence-corrected chi connectivity index (χ3v) is 4.24.